The van der Waals surface area contributed by atoms with Crippen LogP contribution in [0.1, 0.15) is 31.9 Å². The van der Waals surface area contributed by atoms with Crippen molar-refractivity contribution in [3.05, 3.63) is 59.7 Å². The fourth-order valence-corrected chi connectivity index (χ4v) is 2.43. The molecule has 2 aromatic rings. The van der Waals surface area contributed by atoms with Gasteiger partial charge in [-0.05, 0) is 56.2 Å². The number of nitrogens with one attached hydrogen (secondary N) is 2. The van der Waals surface area contributed by atoms with E-state index in [1.807, 2.05) is 56.3 Å². The first kappa shape index (κ1) is 23.1. The van der Waals surface area contributed by atoms with Crippen LogP contribution >= 0.6 is 24.0 Å². The third-order valence-corrected chi connectivity index (χ3v) is 3.65. The number of hydrogen-bond donors (Lipinski definition) is 2. The van der Waals surface area contributed by atoms with Crippen molar-refractivity contribution in [3.8, 4) is 11.5 Å². The fourth-order valence-electron chi connectivity index (χ4n) is 2.43. The van der Waals surface area contributed by atoms with Crippen molar-refractivity contribution in [2.45, 2.75) is 40.0 Å². The summed E-state index contributed by atoms with van der Waals surface area (Å²) in [6.07, 6.45) is 0.164. The molecule has 6 heteroatoms. The summed E-state index contributed by atoms with van der Waals surface area (Å²) >= 11 is 0. The molecule has 148 valence electrons. The zero-order valence-electron chi connectivity index (χ0n) is 16.5. The van der Waals surface area contributed by atoms with Crippen molar-refractivity contribution in [2.75, 3.05) is 13.7 Å². The number of benzene rings is 2. The molecule has 0 amide bonds. The fraction of sp³-hybridized carbons (Fsp3) is 0.381. The van der Waals surface area contributed by atoms with Crippen LogP contribution in [0.5, 0.6) is 11.5 Å². The molecular formula is C21H30IN3O2. The maximum absolute atomic E-state index is 5.74. The van der Waals surface area contributed by atoms with Crippen molar-refractivity contribution in [1.29, 1.82) is 0 Å². The maximum Gasteiger partial charge on any atom is 0.191 e. The highest BCUT2D eigenvalue weighted by molar-refractivity contribution is 14.0. The molecule has 0 saturated carbocycles. The molecule has 0 radical (unpaired) electrons. The van der Waals surface area contributed by atoms with Crippen LogP contribution in [0, 0.1) is 0 Å². The molecule has 0 aromatic heterocycles. The largest absolute Gasteiger partial charge is 0.497 e. The van der Waals surface area contributed by atoms with E-state index in [2.05, 4.69) is 28.6 Å². The summed E-state index contributed by atoms with van der Waals surface area (Å²) in [6.45, 7) is 8.21. The lowest BCUT2D eigenvalue weighted by Gasteiger charge is -2.13. The van der Waals surface area contributed by atoms with E-state index in [1.54, 1.807) is 7.11 Å². The van der Waals surface area contributed by atoms with Crippen molar-refractivity contribution in [2.24, 2.45) is 4.99 Å². The molecule has 0 fully saturated rings. The van der Waals surface area contributed by atoms with Crippen molar-refractivity contribution < 1.29 is 9.47 Å². The number of guanidine groups is 1. The summed E-state index contributed by atoms with van der Waals surface area (Å²) < 4.78 is 10.9. The summed E-state index contributed by atoms with van der Waals surface area (Å²) in [5.41, 5.74) is 2.29. The third-order valence-electron chi connectivity index (χ3n) is 3.65. The molecule has 0 aliphatic heterocycles. The highest BCUT2D eigenvalue weighted by Crippen LogP contribution is 2.15. The van der Waals surface area contributed by atoms with Crippen LogP contribution in [0.3, 0.4) is 0 Å². The Morgan fingerprint density at radius 3 is 2.37 bits per heavy atom. The van der Waals surface area contributed by atoms with Crippen molar-refractivity contribution >= 4 is 29.9 Å². The number of ether oxygens (including phenoxy) is 2. The lowest BCUT2D eigenvalue weighted by Crippen LogP contribution is -2.36. The van der Waals surface area contributed by atoms with Gasteiger partial charge in [-0.3, -0.25) is 0 Å². The highest BCUT2D eigenvalue weighted by Gasteiger charge is 2.02. The molecule has 0 aliphatic carbocycles. The van der Waals surface area contributed by atoms with Gasteiger partial charge in [0.05, 0.1) is 19.8 Å². The summed E-state index contributed by atoms with van der Waals surface area (Å²) in [5.74, 6) is 2.53. The number of aliphatic imine (C=N–C) groups is 1. The molecule has 0 atom stereocenters. The number of halogens is 1. The van der Waals surface area contributed by atoms with Gasteiger partial charge in [-0.2, -0.15) is 0 Å². The van der Waals surface area contributed by atoms with E-state index in [9.17, 15) is 0 Å². The van der Waals surface area contributed by atoms with Crippen LogP contribution in [-0.2, 0) is 13.1 Å². The summed E-state index contributed by atoms with van der Waals surface area (Å²) in [5, 5.41) is 6.63. The topological polar surface area (TPSA) is 54.9 Å². The molecule has 0 heterocycles. The number of rotatable bonds is 8. The Bertz CT molecular complexity index is 703. The Balaban J connectivity index is 0.00000364. The molecule has 0 unspecified atom stereocenters. The number of methoxy groups -OCH3 is 1. The van der Waals surface area contributed by atoms with Crippen LogP contribution in [0.4, 0.5) is 0 Å². The Kier molecular flexibility index (Phi) is 10.6. The summed E-state index contributed by atoms with van der Waals surface area (Å²) in [4.78, 5) is 4.67. The minimum absolute atomic E-state index is 0. The zero-order chi connectivity index (χ0) is 18.8. The van der Waals surface area contributed by atoms with Gasteiger partial charge in [-0.25, -0.2) is 4.99 Å². The molecule has 2 aromatic carbocycles. The lowest BCUT2D eigenvalue weighted by molar-refractivity contribution is 0.242. The predicted octanol–water partition coefficient (Wildman–Crippen LogP) is 4.36. The molecule has 27 heavy (non-hydrogen) atoms. The Morgan fingerprint density at radius 2 is 1.74 bits per heavy atom. The Morgan fingerprint density at radius 1 is 1.00 bits per heavy atom. The average Bonchev–Trinajstić information content (AvgIpc) is 2.64. The first-order chi connectivity index (χ1) is 12.6. The molecule has 5 nitrogen and oxygen atoms in total. The third kappa shape index (κ3) is 8.51. The second-order valence-corrected chi connectivity index (χ2v) is 6.21. The van der Waals surface area contributed by atoms with E-state index < -0.39 is 0 Å². The first-order valence-corrected chi connectivity index (χ1v) is 9.01. The van der Waals surface area contributed by atoms with Gasteiger partial charge < -0.3 is 20.1 Å². The van der Waals surface area contributed by atoms with Gasteiger partial charge in [0.25, 0.3) is 0 Å². The minimum atomic E-state index is 0. The molecule has 2 rings (SSSR count). The van der Waals surface area contributed by atoms with Gasteiger partial charge in [-0.15, -0.1) is 24.0 Å². The van der Waals surface area contributed by atoms with Gasteiger partial charge in [0.15, 0.2) is 5.96 Å². The smallest absolute Gasteiger partial charge is 0.191 e. The van der Waals surface area contributed by atoms with Crippen LogP contribution < -0.4 is 20.1 Å². The highest BCUT2D eigenvalue weighted by atomic mass is 127. The van der Waals surface area contributed by atoms with Crippen LogP contribution in [0.25, 0.3) is 0 Å². The molecule has 2 N–H and O–H groups in total. The average molecular weight is 483 g/mol. The quantitative estimate of drug-likeness (QED) is 0.333. The molecule has 0 bridgehead atoms. The SMILES string of the molecule is CCNC(=NCc1cccc(OC(C)C)c1)NCc1ccc(OC)cc1.I. The normalized spacial score (nSPS) is 10.9. The van der Waals surface area contributed by atoms with Crippen LogP contribution in [0.15, 0.2) is 53.5 Å². The van der Waals surface area contributed by atoms with E-state index in [1.165, 1.54) is 5.56 Å². The van der Waals surface area contributed by atoms with Crippen LogP contribution in [-0.4, -0.2) is 25.7 Å². The minimum Gasteiger partial charge on any atom is -0.497 e. The Hall–Kier alpha value is -1.96. The van der Waals surface area contributed by atoms with E-state index in [0.29, 0.717) is 13.1 Å². The molecule has 0 saturated heterocycles. The van der Waals surface area contributed by atoms with E-state index >= 15 is 0 Å². The number of hydrogen-bond acceptors (Lipinski definition) is 3. The second-order valence-electron chi connectivity index (χ2n) is 6.21. The first-order valence-electron chi connectivity index (χ1n) is 9.01. The molecule has 0 spiro atoms. The zero-order valence-corrected chi connectivity index (χ0v) is 18.8. The van der Waals surface area contributed by atoms with E-state index in [-0.39, 0.29) is 30.1 Å². The van der Waals surface area contributed by atoms with Gasteiger partial charge in [0, 0.05) is 13.1 Å². The lowest BCUT2D eigenvalue weighted by atomic mass is 10.2. The summed E-state index contributed by atoms with van der Waals surface area (Å²) in [7, 11) is 1.67. The van der Waals surface area contributed by atoms with Gasteiger partial charge in [0.1, 0.15) is 11.5 Å². The monoisotopic (exact) mass is 483 g/mol. The van der Waals surface area contributed by atoms with E-state index in [0.717, 1.165) is 29.6 Å². The van der Waals surface area contributed by atoms with Crippen LogP contribution in [0.2, 0.25) is 0 Å². The predicted molar refractivity (Wildman–Crippen MR) is 122 cm³/mol. The van der Waals surface area contributed by atoms with Gasteiger partial charge in [0.2, 0.25) is 0 Å². The van der Waals surface area contributed by atoms with E-state index in [4.69, 9.17) is 9.47 Å². The second kappa shape index (κ2) is 12.4. The molecule has 0 aliphatic rings. The summed E-state index contributed by atoms with van der Waals surface area (Å²) in [6, 6.07) is 16.1. The van der Waals surface area contributed by atoms with Crippen molar-refractivity contribution in [1.82, 2.24) is 10.6 Å². The Labute approximate surface area is 179 Å². The van der Waals surface area contributed by atoms with Gasteiger partial charge >= 0.3 is 0 Å². The van der Waals surface area contributed by atoms with Crippen molar-refractivity contribution in [3.63, 3.8) is 0 Å². The number of nitrogens with zero attached hydrogens (tertiary/aromatic N) is 1. The maximum atomic E-state index is 5.74. The van der Waals surface area contributed by atoms with Gasteiger partial charge in [-0.1, -0.05) is 24.3 Å². The molecular weight excluding hydrogens is 453 g/mol. The standard InChI is InChI=1S/C21H29N3O2.HI/c1-5-22-21(23-14-17-9-11-19(25-4)12-10-17)24-15-18-7-6-8-20(13-18)26-16(2)3;/h6-13,16H,5,14-15H2,1-4H3,(H2,22,23,24);1H.